The van der Waals surface area contributed by atoms with E-state index in [1.54, 1.807) is 12.1 Å². The topological polar surface area (TPSA) is 151 Å². The van der Waals surface area contributed by atoms with E-state index in [9.17, 15) is 25.0 Å². The summed E-state index contributed by atoms with van der Waals surface area (Å²) in [7, 11) is 0. The number of nitrogens with one attached hydrogen (secondary N) is 4. The van der Waals surface area contributed by atoms with Gasteiger partial charge in [0.05, 0.1) is 9.85 Å². The van der Waals surface area contributed by atoms with Gasteiger partial charge in [0.25, 0.3) is 11.6 Å². The Labute approximate surface area is 157 Å². The Morgan fingerprint density at radius 2 is 1.82 bits per heavy atom. The van der Waals surface area contributed by atoms with Crippen molar-refractivity contribution in [2.24, 2.45) is 0 Å². The van der Waals surface area contributed by atoms with Gasteiger partial charge in [0.1, 0.15) is 0 Å². The monoisotopic (exact) mass is 382 g/mol. The summed E-state index contributed by atoms with van der Waals surface area (Å²) in [6.45, 7) is 1.83. The number of nitro groups is 2. The van der Waals surface area contributed by atoms with E-state index in [-0.39, 0.29) is 22.8 Å². The largest absolute Gasteiger partial charge is 0.335 e. The summed E-state index contributed by atoms with van der Waals surface area (Å²) >= 11 is 0. The Balaban J connectivity index is 1.88. The van der Waals surface area contributed by atoms with Crippen molar-refractivity contribution in [2.45, 2.75) is 12.5 Å². The van der Waals surface area contributed by atoms with E-state index in [2.05, 4.69) is 21.5 Å². The molecule has 0 saturated heterocycles. The standard InChI is InChI=1S/C17H14N6O5/c1-9-4-2-3-5-12(9)18-15-14(23(27)28)17(21-20-15)11-8-10(22(25)26)6-7-13(11)19-16(17)24/h2-8,18,20-21H,1H3,(H,19,24). The number of benzene rings is 2. The first-order chi connectivity index (χ1) is 13.3. The van der Waals surface area contributed by atoms with Crippen LogP contribution in [0.2, 0.25) is 0 Å². The van der Waals surface area contributed by atoms with E-state index >= 15 is 0 Å². The molecule has 2 aliphatic rings. The van der Waals surface area contributed by atoms with Crippen LogP contribution in [0.5, 0.6) is 0 Å². The van der Waals surface area contributed by atoms with E-state index in [1.807, 2.05) is 19.1 Å². The third-order valence-electron chi connectivity index (χ3n) is 4.76. The first kappa shape index (κ1) is 17.4. The van der Waals surface area contributed by atoms with Crippen molar-refractivity contribution >= 4 is 23.0 Å². The SMILES string of the molecule is Cc1ccccc1NC1=C([N+](=O)[O-])C2(NN1)C(=O)Nc1ccc([N+](=O)[O-])cc12. The molecule has 0 aromatic heterocycles. The number of hydrogen-bond donors (Lipinski definition) is 4. The molecule has 2 heterocycles. The zero-order valence-corrected chi connectivity index (χ0v) is 14.5. The maximum absolute atomic E-state index is 12.8. The lowest BCUT2D eigenvalue weighted by Gasteiger charge is -2.18. The molecule has 0 radical (unpaired) electrons. The van der Waals surface area contributed by atoms with Gasteiger partial charge in [-0.3, -0.25) is 30.4 Å². The van der Waals surface area contributed by atoms with Crippen LogP contribution in [0.15, 0.2) is 54.0 Å². The third-order valence-corrected chi connectivity index (χ3v) is 4.76. The summed E-state index contributed by atoms with van der Waals surface area (Å²) in [5.41, 5.74) is 4.48. The van der Waals surface area contributed by atoms with Crippen molar-refractivity contribution in [2.75, 3.05) is 10.6 Å². The Kier molecular flexibility index (Phi) is 3.75. The molecule has 1 atom stereocenters. The second kappa shape index (κ2) is 6.03. The van der Waals surface area contributed by atoms with E-state index in [0.29, 0.717) is 5.69 Å². The van der Waals surface area contributed by atoms with Gasteiger partial charge in [0, 0.05) is 29.1 Å². The molecular formula is C17H14N6O5. The van der Waals surface area contributed by atoms with Gasteiger partial charge in [-0.05, 0) is 24.6 Å². The van der Waals surface area contributed by atoms with E-state index in [1.165, 1.54) is 12.1 Å². The maximum Gasteiger partial charge on any atom is 0.323 e. The number of carbonyl (C=O) groups excluding carboxylic acids is 1. The van der Waals surface area contributed by atoms with Crippen molar-refractivity contribution in [1.29, 1.82) is 0 Å². The van der Waals surface area contributed by atoms with Crippen LogP contribution in [0.1, 0.15) is 11.1 Å². The summed E-state index contributed by atoms with van der Waals surface area (Å²) in [6.07, 6.45) is 0. The van der Waals surface area contributed by atoms with Crippen molar-refractivity contribution in [3.05, 3.63) is 85.3 Å². The highest BCUT2D eigenvalue weighted by Gasteiger charge is 2.61. The summed E-state index contributed by atoms with van der Waals surface area (Å²) in [5, 5.41) is 28.6. The summed E-state index contributed by atoms with van der Waals surface area (Å²) in [6, 6.07) is 10.9. The lowest BCUT2D eigenvalue weighted by atomic mass is 9.89. The van der Waals surface area contributed by atoms with Crippen LogP contribution in [-0.2, 0) is 10.3 Å². The number of fused-ring (bicyclic) bond motifs is 2. The molecule has 0 fully saturated rings. The van der Waals surface area contributed by atoms with Gasteiger partial charge < -0.3 is 10.6 Å². The summed E-state index contributed by atoms with van der Waals surface area (Å²) in [5.74, 6) is -0.724. The molecule has 2 aromatic rings. The number of non-ortho nitro benzene ring substituents is 1. The Bertz CT molecular complexity index is 1080. The minimum absolute atomic E-state index is 0.0196. The van der Waals surface area contributed by atoms with Crippen LogP contribution >= 0.6 is 0 Å². The summed E-state index contributed by atoms with van der Waals surface area (Å²) < 4.78 is 0. The molecule has 11 heteroatoms. The van der Waals surface area contributed by atoms with Gasteiger partial charge in [-0.2, -0.15) is 0 Å². The Morgan fingerprint density at radius 3 is 2.50 bits per heavy atom. The molecule has 1 unspecified atom stereocenters. The number of anilines is 2. The zero-order valence-electron chi connectivity index (χ0n) is 14.5. The fourth-order valence-electron chi connectivity index (χ4n) is 3.39. The van der Waals surface area contributed by atoms with Crippen LogP contribution in [0.4, 0.5) is 17.1 Å². The Hall–Kier alpha value is -3.99. The van der Waals surface area contributed by atoms with Crippen molar-refractivity contribution in [3.8, 4) is 0 Å². The molecule has 4 N–H and O–H groups in total. The van der Waals surface area contributed by atoms with Gasteiger partial charge in [-0.15, -0.1) is 0 Å². The molecule has 2 aliphatic heterocycles. The smallest absolute Gasteiger partial charge is 0.323 e. The minimum Gasteiger partial charge on any atom is -0.335 e. The van der Waals surface area contributed by atoms with E-state index in [4.69, 9.17) is 0 Å². The molecule has 2 aromatic carbocycles. The van der Waals surface area contributed by atoms with Crippen LogP contribution in [-0.4, -0.2) is 15.8 Å². The molecule has 1 amide bonds. The van der Waals surface area contributed by atoms with E-state index < -0.39 is 27.0 Å². The van der Waals surface area contributed by atoms with Crippen LogP contribution in [0.25, 0.3) is 0 Å². The van der Waals surface area contributed by atoms with Gasteiger partial charge in [0.15, 0.2) is 5.82 Å². The van der Waals surface area contributed by atoms with Crippen LogP contribution in [0.3, 0.4) is 0 Å². The number of hydrazine groups is 1. The molecule has 0 bridgehead atoms. The predicted molar refractivity (Wildman–Crippen MR) is 98.5 cm³/mol. The molecule has 4 rings (SSSR count). The average Bonchev–Trinajstić information content (AvgIpc) is 3.16. The number of hydrogen-bond acceptors (Lipinski definition) is 8. The first-order valence-electron chi connectivity index (χ1n) is 8.20. The Morgan fingerprint density at radius 1 is 1.07 bits per heavy atom. The van der Waals surface area contributed by atoms with Crippen molar-refractivity contribution in [1.82, 2.24) is 10.9 Å². The molecule has 1 spiro atoms. The second-order valence-corrected chi connectivity index (χ2v) is 6.36. The van der Waals surface area contributed by atoms with Gasteiger partial charge in [-0.1, -0.05) is 18.2 Å². The number of aryl methyl sites for hydroxylation is 1. The summed E-state index contributed by atoms with van der Waals surface area (Å²) in [4.78, 5) is 34.5. The first-order valence-corrected chi connectivity index (χ1v) is 8.20. The van der Waals surface area contributed by atoms with Crippen molar-refractivity contribution in [3.63, 3.8) is 0 Å². The predicted octanol–water partition coefficient (Wildman–Crippen LogP) is 1.72. The number of carbonyl (C=O) groups is 1. The third kappa shape index (κ3) is 2.37. The number of nitro benzene ring substituents is 1. The quantitative estimate of drug-likeness (QED) is 0.461. The lowest BCUT2D eigenvalue weighted by molar-refractivity contribution is -0.434. The van der Waals surface area contributed by atoms with Crippen molar-refractivity contribution < 1.29 is 14.6 Å². The minimum atomic E-state index is -1.91. The number of nitrogens with zero attached hydrogens (tertiary/aromatic N) is 2. The van der Waals surface area contributed by atoms with Crippen LogP contribution < -0.4 is 21.5 Å². The molecular weight excluding hydrogens is 368 g/mol. The van der Waals surface area contributed by atoms with Crippen LogP contribution in [0, 0.1) is 27.2 Å². The van der Waals surface area contributed by atoms with Gasteiger partial charge >= 0.3 is 5.70 Å². The maximum atomic E-state index is 12.8. The number of para-hydroxylation sites is 1. The second-order valence-electron chi connectivity index (χ2n) is 6.36. The highest BCUT2D eigenvalue weighted by Crippen LogP contribution is 2.45. The highest BCUT2D eigenvalue weighted by atomic mass is 16.6. The van der Waals surface area contributed by atoms with Gasteiger partial charge in [0.2, 0.25) is 5.54 Å². The molecule has 0 saturated carbocycles. The molecule has 11 nitrogen and oxygen atoms in total. The lowest BCUT2D eigenvalue weighted by Crippen LogP contribution is -2.50. The molecule has 28 heavy (non-hydrogen) atoms. The average molecular weight is 382 g/mol. The molecule has 0 aliphatic carbocycles. The fraction of sp³-hybridized carbons (Fsp3) is 0.118. The normalized spacial score (nSPS) is 20.0. The number of amides is 1. The molecule has 142 valence electrons. The fourth-order valence-corrected chi connectivity index (χ4v) is 3.39. The number of rotatable bonds is 4. The highest BCUT2D eigenvalue weighted by molar-refractivity contribution is 6.08. The zero-order chi connectivity index (χ0) is 20.1. The van der Waals surface area contributed by atoms with Gasteiger partial charge in [-0.25, -0.2) is 5.43 Å². The van der Waals surface area contributed by atoms with E-state index in [0.717, 1.165) is 11.6 Å².